The van der Waals surface area contributed by atoms with Crippen LogP contribution in [-0.2, 0) is 11.3 Å². The van der Waals surface area contributed by atoms with Crippen molar-refractivity contribution in [2.75, 3.05) is 13.1 Å². The van der Waals surface area contributed by atoms with Crippen LogP contribution in [-0.4, -0.2) is 39.8 Å². The highest BCUT2D eigenvalue weighted by Crippen LogP contribution is 2.10. The minimum Gasteiger partial charge on any atom is -0.477 e. The molecule has 0 bridgehead atoms. The lowest BCUT2D eigenvalue weighted by atomic mass is 10.1. The van der Waals surface area contributed by atoms with E-state index in [-0.39, 0.29) is 5.69 Å². The van der Waals surface area contributed by atoms with Gasteiger partial charge in [0, 0.05) is 32.5 Å². The van der Waals surface area contributed by atoms with E-state index in [9.17, 15) is 9.59 Å². The van der Waals surface area contributed by atoms with Crippen molar-refractivity contribution in [1.82, 2.24) is 9.88 Å². The monoisotopic (exact) mass is 234 g/mol. The summed E-state index contributed by atoms with van der Waals surface area (Å²) >= 11 is 0. The van der Waals surface area contributed by atoms with Gasteiger partial charge in [0.1, 0.15) is 11.5 Å². The topological polar surface area (TPSA) is 70.5 Å². The van der Waals surface area contributed by atoms with Gasteiger partial charge in [-0.25, -0.2) is 9.78 Å². The van der Waals surface area contributed by atoms with E-state index in [4.69, 9.17) is 5.11 Å². The molecule has 0 aliphatic carbocycles. The summed E-state index contributed by atoms with van der Waals surface area (Å²) in [6.45, 7) is 2.07. The van der Waals surface area contributed by atoms with Crippen LogP contribution < -0.4 is 0 Å². The molecule has 1 fully saturated rings. The quantitative estimate of drug-likeness (QED) is 0.843. The van der Waals surface area contributed by atoms with E-state index < -0.39 is 5.97 Å². The maximum Gasteiger partial charge on any atom is 0.354 e. The Morgan fingerprint density at radius 2 is 2.06 bits per heavy atom. The number of Topliss-reactive ketones (excluding diaryl/α,β-unsaturated/α-hetero) is 1. The van der Waals surface area contributed by atoms with Gasteiger partial charge >= 0.3 is 5.97 Å². The molecule has 1 aromatic rings. The molecule has 90 valence electrons. The number of pyridine rings is 1. The number of aromatic carboxylic acids is 1. The Bertz CT molecular complexity index is 435. The van der Waals surface area contributed by atoms with E-state index in [2.05, 4.69) is 9.88 Å². The van der Waals surface area contributed by atoms with Crippen LogP contribution in [0.5, 0.6) is 0 Å². The predicted molar refractivity (Wildman–Crippen MR) is 60.7 cm³/mol. The van der Waals surface area contributed by atoms with Gasteiger partial charge in [0.2, 0.25) is 0 Å². The molecular weight excluding hydrogens is 220 g/mol. The van der Waals surface area contributed by atoms with Gasteiger partial charge in [0.15, 0.2) is 0 Å². The number of likely N-dealkylation sites (tertiary alicyclic amines) is 1. The van der Waals surface area contributed by atoms with Gasteiger partial charge in [-0.2, -0.15) is 0 Å². The van der Waals surface area contributed by atoms with Gasteiger partial charge in [-0.15, -0.1) is 0 Å². The Labute approximate surface area is 99.1 Å². The molecule has 1 saturated heterocycles. The standard InChI is InChI=1S/C12H14N2O3/c15-10-4-6-14(7-5-10)8-9-2-1-3-11(13-9)12(16)17/h1-3H,4-8H2,(H,16,17). The summed E-state index contributed by atoms with van der Waals surface area (Å²) < 4.78 is 0. The van der Waals surface area contributed by atoms with Gasteiger partial charge < -0.3 is 5.11 Å². The van der Waals surface area contributed by atoms with E-state index in [1.165, 1.54) is 6.07 Å². The number of ketones is 1. The molecule has 1 N–H and O–H groups in total. The first-order valence-corrected chi connectivity index (χ1v) is 5.58. The molecule has 2 rings (SSSR count). The average Bonchev–Trinajstić information content (AvgIpc) is 2.32. The first-order chi connectivity index (χ1) is 8.15. The van der Waals surface area contributed by atoms with Crippen molar-refractivity contribution in [1.29, 1.82) is 0 Å². The highest BCUT2D eigenvalue weighted by Gasteiger charge is 2.16. The number of rotatable bonds is 3. The summed E-state index contributed by atoms with van der Waals surface area (Å²) in [4.78, 5) is 28.0. The molecule has 5 heteroatoms. The third kappa shape index (κ3) is 3.10. The molecule has 2 heterocycles. The molecule has 0 aromatic carbocycles. The number of carbonyl (C=O) groups is 2. The summed E-state index contributed by atoms with van der Waals surface area (Å²) in [7, 11) is 0. The second-order valence-corrected chi connectivity index (χ2v) is 4.13. The fourth-order valence-corrected chi connectivity index (χ4v) is 1.88. The number of hydrogen-bond acceptors (Lipinski definition) is 4. The summed E-state index contributed by atoms with van der Waals surface area (Å²) in [5.74, 6) is -0.714. The zero-order valence-corrected chi connectivity index (χ0v) is 9.43. The third-order valence-electron chi connectivity index (χ3n) is 2.83. The molecule has 0 spiro atoms. The van der Waals surface area contributed by atoms with Gasteiger partial charge in [-0.1, -0.05) is 6.07 Å². The van der Waals surface area contributed by atoms with Crippen LogP contribution in [0.25, 0.3) is 0 Å². The van der Waals surface area contributed by atoms with Crippen LogP contribution in [0, 0.1) is 0 Å². The second-order valence-electron chi connectivity index (χ2n) is 4.13. The summed E-state index contributed by atoms with van der Waals surface area (Å²) in [5, 5.41) is 8.83. The van der Waals surface area contributed by atoms with E-state index >= 15 is 0 Å². The Balaban J connectivity index is 2.01. The molecule has 1 aliphatic heterocycles. The van der Waals surface area contributed by atoms with Crippen molar-refractivity contribution < 1.29 is 14.7 Å². The number of piperidine rings is 1. The summed E-state index contributed by atoms with van der Waals surface area (Å²) in [6, 6.07) is 4.98. The molecule has 17 heavy (non-hydrogen) atoms. The zero-order chi connectivity index (χ0) is 12.3. The molecule has 0 radical (unpaired) electrons. The van der Waals surface area contributed by atoms with E-state index in [0.717, 1.165) is 18.8 Å². The van der Waals surface area contributed by atoms with Crippen molar-refractivity contribution in [2.45, 2.75) is 19.4 Å². The van der Waals surface area contributed by atoms with E-state index in [0.29, 0.717) is 25.2 Å². The van der Waals surface area contributed by atoms with E-state index in [1.54, 1.807) is 6.07 Å². The number of carbonyl (C=O) groups excluding carboxylic acids is 1. The SMILES string of the molecule is O=C1CCN(Cc2cccc(C(=O)O)n2)CC1. The number of carboxylic acid groups (broad SMARTS) is 1. The molecule has 0 saturated carbocycles. The van der Waals surface area contributed by atoms with E-state index in [1.807, 2.05) is 6.07 Å². The smallest absolute Gasteiger partial charge is 0.354 e. The van der Waals surface area contributed by atoms with Crippen LogP contribution in [0.15, 0.2) is 18.2 Å². The summed E-state index contributed by atoms with van der Waals surface area (Å²) in [6.07, 6.45) is 1.16. The van der Waals surface area contributed by atoms with Crippen LogP contribution in [0.3, 0.4) is 0 Å². The zero-order valence-electron chi connectivity index (χ0n) is 9.43. The second kappa shape index (κ2) is 5.05. The van der Waals surface area contributed by atoms with Crippen molar-refractivity contribution >= 4 is 11.8 Å². The number of nitrogens with zero attached hydrogens (tertiary/aromatic N) is 2. The van der Waals surface area contributed by atoms with Gasteiger partial charge in [-0.3, -0.25) is 9.69 Å². The molecule has 1 aliphatic rings. The minimum absolute atomic E-state index is 0.0654. The van der Waals surface area contributed by atoms with Gasteiger partial charge in [0.05, 0.1) is 5.69 Å². The fraction of sp³-hybridized carbons (Fsp3) is 0.417. The highest BCUT2D eigenvalue weighted by atomic mass is 16.4. The predicted octanol–water partition coefficient (Wildman–Crippen LogP) is 0.945. The molecule has 0 amide bonds. The lowest BCUT2D eigenvalue weighted by Gasteiger charge is -2.25. The van der Waals surface area contributed by atoms with Crippen LogP contribution in [0.1, 0.15) is 29.0 Å². The summed E-state index contributed by atoms with van der Waals surface area (Å²) in [5.41, 5.74) is 0.801. The average molecular weight is 234 g/mol. The fourth-order valence-electron chi connectivity index (χ4n) is 1.88. The van der Waals surface area contributed by atoms with Gasteiger partial charge in [0.25, 0.3) is 0 Å². The van der Waals surface area contributed by atoms with Crippen molar-refractivity contribution in [3.63, 3.8) is 0 Å². The lowest BCUT2D eigenvalue weighted by molar-refractivity contribution is -0.121. The van der Waals surface area contributed by atoms with Crippen LogP contribution in [0.2, 0.25) is 0 Å². The Kier molecular flexibility index (Phi) is 3.49. The number of aromatic nitrogens is 1. The number of carboxylic acids is 1. The normalized spacial score (nSPS) is 17.1. The van der Waals surface area contributed by atoms with Gasteiger partial charge in [-0.05, 0) is 12.1 Å². The van der Waals surface area contributed by atoms with Crippen LogP contribution >= 0.6 is 0 Å². The molecule has 1 aromatic heterocycles. The third-order valence-corrected chi connectivity index (χ3v) is 2.83. The Morgan fingerprint density at radius 3 is 2.71 bits per heavy atom. The first-order valence-electron chi connectivity index (χ1n) is 5.58. The minimum atomic E-state index is -1.01. The van der Waals surface area contributed by atoms with Crippen molar-refractivity contribution in [2.24, 2.45) is 0 Å². The van der Waals surface area contributed by atoms with Crippen LogP contribution in [0.4, 0.5) is 0 Å². The largest absolute Gasteiger partial charge is 0.477 e. The van der Waals surface area contributed by atoms with Crippen molar-refractivity contribution in [3.8, 4) is 0 Å². The molecular formula is C12H14N2O3. The Morgan fingerprint density at radius 1 is 1.35 bits per heavy atom. The lowest BCUT2D eigenvalue weighted by Crippen LogP contribution is -2.33. The first kappa shape index (κ1) is 11.7. The highest BCUT2D eigenvalue weighted by molar-refractivity contribution is 5.85. The van der Waals surface area contributed by atoms with Crippen molar-refractivity contribution in [3.05, 3.63) is 29.6 Å². The maximum atomic E-state index is 11.1. The maximum absolute atomic E-state index is 11.1. The molecule has 5 nitrogen and oxygen atoms in total. The number of hydrogen-bond donors (Lipinski definition) is 1. The molecule has 0 atom stereocenters. The molecule has 0 unspecified atom stereocenters. The Hall–Kier alpha value is -1.75.